The molecule has 1 aromatic carbocycles. The summed E-state index contributed by atoms with van der Waals surface area (Å²) >= 11 is 6.27. The number of para-hydroxylation sites is 1. The Morgan fingerprint density at radius 2 is 2.11 bits per heavy atom. The molecule has 19 heavy (non-hydrogen) atoms. The molecule has 0 aromatic heterocycles. The Balaban J connectivity index is 1.97. The van der Waals surface area contributed by atoms with Gasteiger partial charge in [-0.3, -0.25) is 0 Å². The summed E-state index contributed by atoms with van der Waals surface area (Å²) in [6.45, 7) is 0.136. The van der Waals surface area contributed by atoms with Gasteiger partial charge in [-0.15, -0.1) is 0 Å². The highest BCUT2D eigenvalue weighted by molar-refractivity contribution is 6.32. The van der Waals surface area contributed by atoms with Crippen molar-refractivity contribution in [1.29, 1.82) is 0 Å². The van der Waals surface area contributed by atoms with Gasteiger partial charge in [0.05, 0.1) is 11.1 Å². The van der Waals surface area contributed by atoms with Crippen LogP contribution >= 0.6 is 11.6 Å². The molecule has 1 fully saturated rings. The van der Waals surface area contributed by atoms with E-state index in [-0.39, 0.29) is 12.7 Å². The van der Waals surface area contributed by atoms with Crippen LogP contribution in [0.4, 0.5) is 0 Å². The van der Waals surface area contributed by atoms with E-state index in [0.717, 1.165) is 43.4 Å². The lowest BCUT2D eigenvalue weighted by atomic mass is 10.1. The number of halogens is 1. The SMILES string of the molecule is OCCC1Cc2cccc(Cl)c2OC2(CCCC2)O1. The molecule has 1 N–H and O–H groups in total. The summed E-state index contributed by atoms with van der Waals surface area (Å²) in [5, 5.41) is 9.85. The molecule has 0 radical (unpaired) electrons. The number of hydrogen-bond donors (Lipinski definition) is 1. The Hall–Kier alpha value is -0.770. The predicted molar refractivity (Wildman–Crippen MR) is 73.6 cm³/mol. The minimum atomic E-state index is -0.532. The first-order valence-corrected chi connectivity index (χ1v) is 7.35. The zero-order valence-corrected chi connectivity index (χ0v) is 11.7. The van der Waals surface area contributed by atoms with E-state index < -0.39 is 5.79 Å². The van der Waals surface area contributed by atoms with Gasteiger partial charge in [0.15, 0.2) is 0 Å². The quantitative estimate of drug-likeness (QED) is 0.904. The van der Waals surface area contributed by atoms with Crippen LogP contribution in [0.1, 0.15) is 37.7 Å². The number of aliphatic hydroxyl groups is 1. The Bertz CT molecular complexity index is 455. The average molecular weight is 283 g/mol. The number of fused-ring (bicyclic) bond motifs is 1. The molecule has 1 atom stereocenters. The number of benzene rings is 1. The van der Waals surface area contributed by atoms with E-state index in [0.29, 0.717) is 11.4 Å². The Morgan fingerprint density at radius 1 is 1.32 bits per heavy atom. The molecule has 0 saturated heterocycles. The second kappa shape index (κ2) is 5.31. The van der Waals surface area contributed by atoms with Crippen molar-refractivity contribution in [2.75, 3.05) is 6.61 Å². The van der Waals surface area contributed by atoms with Gasteiger partial charge in [-0.25, -0.2) is 0 Å². The van der Waals surface area contributed by atoms with Crippen molar-refractivity contribution in [3.05, 3.63) is 28.8 Å². The van der Waals surface area contributed by atoms with Crippen molar-refractivity contribution in [2.45, 2.75) is 50.4 Å². The van der Waals surface area contributed by atoms with Crippen LogP contribution in [0.25, 0.3) is 0 Å². The van der Waals surface area contributed by atoms with E-state index in [4.69, 9.17) is 21.1 Å². The first-order chi connectivity index (χ1) is 9.22. The van der Waals surface area contributed by atoms with Gasteiger partial charge in [0.1, 0.15) is 5.75 Å². The first kappa shape index (κ1) is 13.2. The van der Waals surface area contributed by atoms with Crippen LogP contribution < -0.4 is 4.74 Å². The van der Waals surface area contributed by atoms with E-state index in [1.807, 2.05) is 18.2 Å². The highest BCUT2D eigenvalue weighted by atomic mass is 35.5. The van der Waals surface area contributed by atoms with Crippen molar-refractivity contribution < 1.29 is 14.6 Å². The summed E-state index contributed by atoms with van der Waals surface area (Å²) in [6.07, 6.45) is 5.42. The zero-order chi connectivity index (χ0) is 13.3. The number of ether oxygens (including phenoxy) is 2. The Kier molecular flexibility index (Phi) is 3.70. The molecule has 1 spiro atoms. The van der Waals surface area contributed by atoms with E-state index in [1.165, 1.54) is 0 Å². The van der Waals surface area contributed by atoms with Crippen molar-refractivity contribution in [3.63, 3.8) is 0 Å². The third-order valence-corrected chi connectivity index (χ3v) is 4.28. The molecule has 1 aromatic rings. The van der Waals surface area contributed by atoms with Gasteiger partial charge in [0.2, 0.25) is 5.79 Å². The molecule has 3 nitrogen and oxygen atoms in total. The third kappa shape index (κ3) is 2.60. The maximum atomic E-state index is 9.20. The van der Waals surface area contributed by atoms with Gasteiger partial charge in [0.25, 0.3) is 0 Å². The van der Waals surface area contributed by atoms with Crippen molar-refractivity contribution in [2.24, 2.45) is 0 Å². The summed E-state index contributed by atoms with van der Waals surface area (Å²) in [5.41, 5.74) is 1.08. The molecule has 1 unspecified atom stereocenters. The fraction of sp³-hybridized carbons (Fsp3) is 0.600. The second-order valence-electron chi connectivity index (χ2n) is 5.40. The lowest BCUT2D eigenvalue weighted by molar-refractivity contribution is -0.203. The molecule has 104 valence electrons. The smallest absolute Gasteiger partial charge is 0.210 e. The van der Waals surface area contributed by atoms with Gasteiger partial charge < -0.3 is 14.6 Å². The second-order valence-corrected chi connectivity index (χ2v) is 5.81. The number of hydrogen-bond acceptors (Lipinski definition) is 3. The fourth-order valence-electron chi connectivity index (χ4n) is 3.07. The number of aliphatic hydroxyl groups excluding tert-OH is 1. The minimum Gasteiger partial charge on any atom is -0.461 e. The van der Waals surface area contributed by atoms with Crippen LogP contribution in [-0.2, 0) is 11.2 Å². The van der Waals surface area contributed by atoms with E-state index in [2.05, 4.69) is 0 Å². The summed E-state index contributed by atoms with van der Waals surface area (Å²) in [4.78, 5) is 0. The van der Waals surface area contributed by atoms with Crippen molar-refractivity contribution >= 4 is 11.6 Å². The average Bonchev–Trinajstić information content (AvgIpc) is 2.75. The first-order valence-electron chi connectivity index (χ1n) is 6.97. The van der Waals surface area contributed by atoms with Crippen LogP contribution in [0.3, 0.4) is 0 Å². The maximum absolute atomic E-state index is 9.20. The topological polar surface area (TPSA) is 38.7 Å². The highest BCUT2D eigenvalue weighted by Crippen LogP contribution is 2.43. The molecule has 1 aliphatic carbocycles. The summed E-state index contributed by atoms with van der Waals surface area (Å²) in [7, 11) is 0. The van der Waals surface area contributed by atoms with Crippen LogP contribution in [0.2, 0.25) is 5.02 Å². The minimum absolute atomic E-state index is 0.00261. The largest absolute Gasteiger partial charge is 0.461 e. The van der Waals surface area contributed by atoms with Crippen molar-refractivity contribution in [1.82, 2.24) is 0 Å². The standard InChI is InChI=1S/C15H19ClO3/c16-13-5-3-4-11-10-12(6-9-17)18-15(19-14(11)13)7-1-2-8-15/h3-5,12,17H,1-2,6-10H2. The van der Waals surface area contributed by atoms with Gasteiger partial charge in [-0.05, 0) is 30.9 Å². The lowest BCUT2D eigenvalue weighted by Crippen LogP contribution is -2.39. The van der Waals surface area contributed by atoms with E-state index in [1.54, 1.807) is 0 Å². The monoisotopic (exact) mass is 282 g/mol. The Labute approximate surface area is 118 Å². The lowest BCUT2D eigenvalue weighted by Gasteiger charge is -2.31. The van der Waals surface area contributed by atoms with Gasteiger partial charge >= 0.3 is 0 Å². The van der Waals surface area contributed by atoms with Crippen LogP contribution in [-0.4, -0.2) is 23.6 Å². The molecule has 0 bridgehead atoms. The summed E-state index contributed by atoms with van der Waals surface area (Å²) in [5.74, 6) is 0.238. The van der Waals surface area contributed by atoms with E-state index in [9.17, 15) is 5.11 Å². The molecule has 1 aliphatic heterocycles. The Morgan fingerprint density at radius 3 is 2.84 bits per heavy atom. The van der Waals surface area contributed by atoms with E-state index >= 15 is 0 Å². The molecule has 4 heteroatoms. The molecule has 0 amide bonds. The molecule has 2 aliphatic rings. The van der Waals surface area contributed by atoms with Gasteiger partial charge in [-0.2, -0.15) is 0 Å². The fourth-order valence-corrected chi connectivity index (χ4v) is 3.30. The van der Waals surface area contributed by atoms with Gasteiger partial charge in [0, 0.05) is 25.9 Å². The molecule has 1 heterocycles. The van der Waals surface area contributed by atoms with Crippen molar-refractivity contribution in [3.8, 4) is 5.75 Å². The van der Waals surface area contributed by atoms with Gasteiger partial charge in [-0.1, -0.05) is 23.7 Å². The molecule has 3 rings (SSSR count). The normalized spacial score (nSPS) is 24.8. The summed E-state index contributed by atoms with van der Waals surface area (Å²) < 4.78 is 12.4. The summed E-state index contributed by atoms with van der Waals surface area (Å²) in [6, 6.07) is 5.82. The van der Waals surface area contributed by atoms with Crippen LogP contribution in [0.5, 0.6) is 5.75 Å². The van der Waals surface area contributed by atoms with Crippen LogP contribution in [0, 0.1) is 0 Å². The zero-order valence-electron chi connectivity index (χ0n) is 10.9. The molecular formula is C15H19ClO3. The molecule has 1 saturated carbocycles. The predicted octanol–water partition coefficient (Wildman–Crippen LogP) is 3.31. The maximum Gasteiger partial charge on any atom is 0.210 e. The molecular weight excluding hydrogens is 264 g/mol. The van der Waals surface area contributed by atoms with Crippen LogP contribution in [0.15, 0.2) is 18.2 Å². The highest BCUT2D eigenvalue weighted by Gasteiger charge is 2.42. The third-order valence-electron chi connectivity index (χ3n) is 3.98. The number of rotatable bonds is 2.